The van der Waals surface area contributed by atoms with Crippen LogP contribution in [0.15, 0.2) is 29.3 Å². The number of guanidine groups is 1. The van der Waals surface area contributed by atoms with Gasteiger partial charge in [-0.15, -0.1) is 0 Å². The van der Waals surface area contributed by atoms with Crippen molar-refractivity contribution in [3.8, 4) is 5.75 Å². The molecule has 0 amide bonds. The summed E-state index contributed by atoms with van der Waals surface area (Å²) >= 11 is 0. The zero-order valence-corrected chi connectivity index (χ0v) is 16.2. The summed E-state index contributed by atoms with van der Waals surface area (Å²) in [5.41, 5.74) is 0.716. The van der Waals surface area contributed by atoms with E-state index in [0.717, 1.165) is 32.0 Å². The van der Waals surface area contributed by atoms with E-state index in [1.165, 1.54) is 19.3 Å². The number of rotatable bonds is 6. The second-order valence-corrected chi connectivity index (χ2v) is 7.31. The Morgan fingerprint density at radius 2 is 1.92 bits per heavy atom. The third kappa shape index (κ3) is 5.92. The fourth-order valence-corrected chi connectivity index (χ4v) is 3.27. The van der Waals surface area contributed by atoms with Gasteiger partial charge in [-0.05, 0) is 51.9 Å². The molecule has 0 aromatic heterocycles. The molecule has 5 heteroatoms. The number of benzene rings is 1. The van der Waals surface area contributed by atoms with Crippen LogP contribution in [-0.2, 0) is 0 Å². The molecule has 2 N–H and O–H groups in total. The lowest BCUT2D eigenvalue weighted by atomic mass is 9.86. The molecule has 0 aliphatic heterocycles. The maximum Gasteiger partial charge on any atom is 0.198 e. The Bertz CT molecular complexity index is 558. The second-order valence-electron chi connectivity index (χ2n) is 7.31. The van der Waals surface area contributed by atoms with Crippen molar-refractivity contribution >= 4 is 11.6 Å². The molecule has 2 atom stereocenters. The van der Waals surface area contributed by atoms with Gasteiger partial charge in [-0.25, -0.2) is 4.99 Å². The quantitative estimate of drug-likeness (QED) is 0.469. The first-order chi connectivity index (χ1) is 12.0. The van der Waals surface area contributed by atoms with E-state index in [9.17, 15) is 5.11 Å². The maximum atomic E-state index is 10.1. The van der Waals surface area contributed by atoms with E-state index in [2.05, 4.69) is 43.1 Å². The molecule has 1 aliphatic rings. The number of hydrogen-bond acceptors (Lipinski definition) is 3. The highest BCUT2D eigenvalue weighted by Gasteiger charge is 2.23. The van der Waals surface area contributed by atoms with Gasteiger partial charge in [0.1, 0.15) is 5.75 Å². The van der Waals surface area contributed by atoms with E-state index in [1.54, 1.807) is 6.07 Å². The molecule has 0 saturated heterocycles. The van der Waals surface area contributed by atoms with Crippen molar-refractivity contribution in [2.75, 3.05) is 39.0 Å². The predicted octanol–water partition coefficient (Wildman–Crippen LogP) is 3.62. The molecular weight excluding hydrogens is 312 g/mol. The number of anilines is 1. The van der Waals surface area contributed by atoms with Crippen molar-refractivity contribution in [3.05, 3.63) is 24.3 Å². The average molecular weight is 347 g/mol. The van der Waals surface area contributed by atoms with Crippen molar-refractivity contribution in [1.82, 2.24) is 9.80 Å². The maximum absolute atomic E-state index is 10.1. The van der Waals surface area contributed by atoms with Gasteiger partial charge in [0.25, 0.3) is 0 Å². The first-order valence-electron chi connectivity index (χ1n) is 9.53. The Morgan fingerprint density at radius 1 is 1.20 bits per heavy atom. The Balaban J connectivity index is 2.24. The van der Waals surface area contributed by atoms with E-state index in [-0.39, 0.29) is 5.75 Å². The fraction of sp³-hybridized carbons (Fsp3) is 0.650. The summed E-state index contributed by atoms with van der Waals surface area (Å²) in [6.07, 6.45) is 4.97. The molecule has 1 saturated carbocycles. The molecular formula is C20H34N4O. The highest BCUT2D eigenvalue weighted by molar-refractivity contribution is 5.95. The van der Waals surface area contributed by atoms with Gasteiger partial charge in [0.05, 0.1) is 11.7 Å². The minimum absolute atomic E-state index is 0.260. The number of phenols is 1. The predicted molar refractivity (Wildman–Crippen MR) is 106 cm³/mol. The Labute approximate surface area is 152 Å². The molecule has 1 aromatic rings. The third-order valence-corrected chi connectivity index (χ3v) is 5.00. The normalized spacial score (nSPS) is 21.4. The van der Waals surface area contributed by atoms with Crippen molar-refractivity contribution in [1.29, 1.82) is 0 Å². The van der Waals surface area contributed by atoms with Crippen LogP contribution < -0.4 is 5.32 Å². The van der Waals surface area contributed by atoms with Crippen molar-refractivity contribution in [3.63, 3.8) is 0 Å². The summed E-state index contributed by atoms with van der Waals surface area (Å²) in [6.45, 7) is 7.22. The number of nitrogens with zero attached hydrogens (tertiary/aromatic N) is 3. The Hall–Kier alpha value is -1.75. The molecule has 140 valence electrons. The molecule has 0 spiro atoms. The minimum Gasteiger partial charge on any atom is -0.506 e. The lowest BCUT2D eigenvalue weighted by Gasteiger charge is -2.31. The van der Waals surface area contributed by atoms with Gasteiger partial charge in [0.15, 0.2) is 5.96 Å². The largest absolute Gasteiger partial charge is 0.506 e. The zero-order valence-electron chi connectivity index (χ0n) is 16.2. The van der Waals surface area contributed by atoms with E-state index < -0.39 is 0 Å². The van der Waals surface area contributed by atoms with Gasteiger partial charge in [-0.1, -0.05) is 31.9 Å². The molecule has 1 aliphatic carbocycles. The molecule has 2 unspecified atom stereocenters. The number of hydrogen-bond donors (Lipinski definition) is 2. The van der Waals surface area contributed by atoms with Gasteiger partial charge < -0.3 is 20.2 Å². The highest BCUT2D eigenvalue weighted by atomic mass is 16.3. The van der Waals surface area contributed by atoms with Crippen molar-refractivity contribution in [2.45, 2.75) is 45.6 Å². The molecule has 1 aromatic carbocycles. The molecule has 0 bridgehead atoms. The SMILES string of the molecule is CCN(CCN(C)C)C(=NC1CCCCC1C)Nc1ccccc1O. The van der Waals surface area contributed by atoms with Crippen molar-refractivity contribution in [2.24, 2.45) is 10.9 Å². The number of phenolic OH excluding ortho intramolecular Hbond substituents is 1. The molecule has 1 fully saturated rings. The molecule has 2 rings (SSSR count). The van der Waals surface area contributed by atoms with Crippen molar-refractivity contribution < 1.29 is 5.11 Å². The highest BCUT2D eigenvalue weighted by Crippen LogP contribution is 2.27. The van der Waals surface area contributed by atoms with Gasteiger partial charge in [0, 0.05) is 19.6 Å². The van der Waals surface area contributed by atoms with Crippen LogP contribution in [0.4, 0.5) is 5.69 Å². The summed E-state index contributed by atoms with van der Waals surface area (Å²) in [5.74, 6) is 1.75. The van der Waals surface area contributed by atoms with Gasteiger partial charge in [-0.3, -0.25) is 0 Å². The van der Waals surface area contributed by atoms with Crippen LogP contribution in [-0.4, -0.2) is 60.6 Å². The lowest BCUT2D eigenvalue weighted by Crippen LogP contribution is -2.41. The van der Waals surface area contributed by atoms with Gasteiger partial charge in [-0.2, -0.15) is 0 Å². The van der Waals surface area contributed by atoms with Crippen LogP contribution in [0.2, 0.25) is 0 Å². The molecule has 5 nitrogen and oxygen atoms in total. The van der Waals surface area contributed by atoms with Crippen LogP contribution in [0.25, 0.3) is 0 Å². The third-order valence-electron chi connectivity index (χ3n) is 5.00. The number of aliphatic imine (C=N–C) groups is 1. The van der Waals surface area contributed by atoms with E-state index in [1.807, 2.05) is 18.2 Å². The van der Waals surface area contributed by atoms with E-state index in [4.69, 9.17) is 4.99 Å². The topological polar surface area (TPSA) is 51.1 Å². The van der Waals surface area contributed by atoms with Crippen LogP contribution in [0.5, 0.6) is 5.75 Å². The Kier molecular flexibility index (Phi) is 7.56. The minimum atomic E-state index is 0.260. The van der Waals surface area contributed by atoms with Gasteiger partial charge >= 0.3 is 0 Å². The van der Waals surface area contributed by atoms with Crippen LogP contribution in [0, 0.1) is 5.92 Å². The van der Waals surface area contributed by atoms with E-state index >= 15 is 0 Å². The summed E-state index contributed by atoms with van der Waals surface area (Å²) in [7, 11) is 4.18. The van der Waals surface area contributed by atoms with Crippen LogP contribution >= 0.6 is 0 Å². The number of likely N-dealkylation sites (N-methyl/N-ethyl adjacent to an activating group) is 2. The Morgan fingerprint density at radius 3 is 2.56 bits per heavy atom. The number of nitrogens with one attached hydrogen (secondary N) is 1. The van der Waals surface area contributed by atoms with E-state index in [0.29, 0.717) is 17.6 Å². The average Bonchev–Trinajstić information content (AvgIpc) is 2.59. The monoisotopic (exact) mass is 346 g/mol. The fourth-order valence-electron chi connectivity index (χ4n) is 3.27. The zero-order chi connectivity index (χ0) is 18.2. The van der Waals surface area contributed by atoms with Gasteiger partial charge in [0.2, 0.25) is 0 Å². The molecule has 25 heavy (non-hydrogen) atoms. The number of para-hydroxylation sites is 2. The summed E-state index contributed by atoms with van der Waals surface area (Å²) in [4.78, 5) is 9.56. The summed E-state index contributed by atoms with van der Waals surface area (Å²) in [5, 5.41) is 13.5. The summed E-state index contributed by atoms with van der Waals surface area (Å²) < 4.78 is 0. The standard InChI is InChI=1S/C20H34N4O/c1-5-24(15-14-23(3)4)20(21-17-11-7-6-10-16(17)2)22-18-12-8-9-13-19(18)25/h8-9,12-13,16-17,25H,5-7,10-11,14-15H2,1-4H3,(H,21,22). The molecule has 0 heterocycles. The first kappa shape index (κ1) is 19.6. The first-order valence-corrected chi connectivity index (χ1v) is 9.53. The van der Waals surface area contributed by atoms with Crippen LogP contribution in [0.3, 0.4) is 0 Å². The lowest BCUT2D eigenvalue weighted by molar-refractivity contribution is 0.316. The second kappa shape index (κ2) is 9.66. The van der Waals surface area contributed by atoms with Crippen LogP contribution in [0.1, 0.15) is 39.5 Å². The number of aromatic hydroxyl groups is 1. The summed E-state index contributed by atoms with van der Waals surface area (Å²) in [6, 6.07) is 7.73. The smallest absolute Gasteiger partial charge is 0.198 e. The molecule has 0 radical (unpaired) electrons.